The molecular formula is C31H36I2N2O7. The normalized spacial score (nSPS) is 21.4. The lowest BCUT2D eigenvalue weighted by atomic mass is 9.82. The second-order valence-electron chi connectivity index (χ2n) is 11.0. The van der Waals surface area contributed by atoms with E-state index in [9.17, 15) is 24.3 Å². The Balaban J connectivity index is 1.46. The van der Waals surface area contributed by atoms with Gasteiger partial charge in [0.25, 0.3) is 0 Å². The van der Waals surface area contributed by atoms with Gasteiger partial charge in [-0.2, -0.15) is 0 Å². The molecule has 2 aromatic carbocycles. The summed E-state index contributed by atoms with van der Waals surface area (Å²) < 4.78 is 11.2. The van der Waals surface area contributed by atoms with Gasteiger partial charge in [0, 0.05) is 14.8 Å². The number of carbonyl (C=O) groups excluding carboxylic acids is 4. The topological polar surface area (TPSA) is 113 Å². The van der Waals surface area contributed by atoms with Gasteiger partial charge in [-0.15, -0.1) is 0 Å². The lowest BCUT2D eigenvalue weighted by molar-refractivity contribution is -0.137. The maximum Gasteiger partial charge on any atom is 0.416 e. The van der Waals surface area contributed by atoms with E-state index >= 15 is 0 Å². The van der Waals surface area contributed by atoms with Gasteiger partial charge in [-0.05, 0) is 43.2 Å². The van der Waals surface area contributed by atoms with Crippen LogP contribution in [0.25, 0.3) is 0 Å². The quantitative estimate of drug-likeness (QED) is 0.219. The Bertz CT molecular complexity index is 1150. The molecular weight excluding hydrogens is 766 g/mol. The maximum atomic E-state index is 13.7. The molecule has 0 aromatic heterocycles. The van der Waals surface area contributed by atoms with Gasteiger partial charge in [-0.3, -0.25) is 9.59 Å². The molecule has 0 radical (unpaired) electrons. The standard InChI is InChI=1S/C31H36I2N2O7/c1-2-23(27(36)34-25(18-41-29(34)38)13-21-9-5-3-6-10-21)15-31(40,20-33)16-24(17-32)28(37)35-26(19-42-30(35)39)14-22-11-7-4-8-12-22/h3-12,23-26,40H,2,13-20H2,1H3/t23-,24+,25+,26+,31?/m1/s1. The largest absolute Gasteiger partial charge is 0.447 e. The summed E-state index contributed by atoms with van der Waals surface area (Å²) in [6, 6.07) is 18.4. The summed E-state index contributed by atoms with van der Waals surface area (Å²) in [7, 11) is 0. The van der Waals surface area contributed by atoms with Gasteiger partial charge in [0.15, 0.2) is 0 Å². The van der Waals surface area contributed by atoms with E-state index in [1.165, 1.54) is 9.80 Å². The van der Waals surface area contributed by atoms with E-state index in [0.29, 0.717) is 23.7 Å². The van der Waals surface area contributed by atoms with E-state index in [-0.39, 0.29) is 42.3 Å². The van der Waals surface area contributed by atoms with Crippen molar-refractivity contribution in [3.8, 4) is 0 Å². The Morgan fingerprint density at radius 2 is 1.26 bits per heavy atom. The molecule has 1 N–H and O–H groups in total. The minimum absolute atomic E-state index is 0.0707. The molecule has 2 saturated heterocycles. The fraction of sp³-hybridized carbons (Fsp3) is 0.484. The van der Waals surface area contributed by atoms with Gasteiger partial charge in [0.1, 0.15) is 13.2 Å². The van der Waals surface area contributed by atoms with E-state index in [1.807, 2.05) is 67.6 Å². The number of cyclic esters (lactones) is 2. The van der Waals surface area contributed by atoms with Crippen molar-refractivity contribution in [2.24, 2.45) is 11.8 Å². The molecule has 11 heteroatoms. The van der Waals surface area contributed by atoms with Crippen molar-refractivity contribution in [2.75, 3.05) is 22.1 Å². The molecule has 2 aliphatic rings. The number of carbonyl (C=O) groups is 4. The summed E-state index contributed by atoms with van der Waals surface area (Å²) in [5.74, 6) is -2.08. The number of halogens is 2. The predicted molar refractivity (Wildman–Crippen MR) is 173 cm³/mol. The van der Waals surface area contributed by atoms with Gasteiger partial charge < -0.3 is 14.6 Å². The van der Waals surface area contributed by atoms with Crippen LogP contribution in [0, 0.1) is 11.8 Å². The zero-order valence-corrected chi connectivity index (χ0v) is 27.8. The average Bonchev–Trinajstić information content (AvgIpc) is 3.55. The molecule has 2 aromatic rings. The number of amides is 4. The Labute approximate surface area is 273 Å². The van der Waals surface area contributed by atoms with Crippen LogP contribution in [0.15, 0.2) is 60.7 Å². The third kappa shape index (κ3) is 7.81. The number of rotatable bonds is 13. The van der Waals surface area contributed by atoms with Crippen LogP contribution < -0.4 is 0 Å². The summed E-state index contributed by atoms with van der Waals surface area (Å²) in [6.07, 6.45) is 0.160. The van der Waals surface area contributed by atoms with Crippen LogP contribution in [0.1, 0.15) is 37.3 Å². The zero-order valence-electron chi connectivity index (χ0n) is 23.5. The SMILES string of the molecule is CC[C@H](CC(O)(CI)C[C@@H](CI)C(=O)N1C(=O)OC[C@@H]1Cc1ccccc1)C(=O)N1C(=O)OC[C@@H]1Cc1ccccc1. The molecule has 226 valence electrons. The highest BCUT2D eigenvalue weighted by molar-refractivity contribution is 14.1. The van der Waals surface area contributed by atoms with E-state index in [0.717, 1.165) is 11.1 Å². The zero-order chi connectivity index (χ0) is 30.3. The van der Waals surface area contributed by atoms with Crippen molar-refractivity contribution in [1.82, 2.24) is 9.80 Å². The van der Waals surface area contributed by atoms with E-state index < -0.39 is 41.7 Å². The van der Waals surface area contributed by atoms with Crippen molar-refractivity contribution in [1.29, 1.82) is 0 Å². The maximum absolute atomic E-state index is 13.7. The number of alkyl halides is 2. The number of nitrogens with zero attached hydrogens (tertiary/aromatic N) is 2. The Morgan fingerprint density at radius 3 is 1.67 bits per heavy atom. The molecule has 2 fully saturated rings. The average molecular weight is 802 g/mol. The predicted octanol–water partition coefficient (Wildman–Crippen LogP) is 5.19. The summed E-state index contributed by atoms with van der Waals surface area (Å²) in [4.78, 5) is 55.1. The van der Waals surface area contributed by atoms with Gasteiger partial charge in [-0.25, -0.2) is 19.4 Å². The highest BCUT2D eigenvalue weighted by Crippen LogP contribution is 2.33. The molecule has 2 heterocycles. The smallest absolute Gasteiger partial charge is 0.416 e. The van der Waals surface area contributed by atoms with Crippen LogP contribution >= 0.6 is 45.2 Å². The summed E-state index contributed by atoms with van der Waals surface area (Å²) in [5.41, 5.74) is 0.605. The fourth-order valence-corrected chi connectivity index (χ4v) is 6.96. The number of benzene rings is 2. The van der Waals surface area contributed by atoms with Crippen molar-refractivity contribution in [3.05, 3.63) is 71.8 Å². The van der Waals surface area contributed by atoms with Crippen LogP contribution in [-0.2, 0) is 31.9 Å². The first-order valence-electron chi connectivity index (χ1n) is 14.1. The van der Waals surface area contributed by atoms with E-state index in [2.05, 4.69) is 45.2 Å². The minimum Gasteiger partial charge on any atom is -0.447 e. The van der Waals surface area contributed by atoms with Gasteiger partial charge >= 0.3 is 12.2 Å². The summed E-state index contributed by atoms with van der Waals surface area (Å²) in [5, 5.41) is 11.8. The summed E-state index contributed by atoms with van der Waals surface area (Å²) in [6.45, 7) is 2.08. The number of aliphatic hydroxyl groups is 1. The molecule has 0 aliphatic carbocycles. The monoisotopic (exact) mass is 802 g/mol. The van der Waals surface area contributed by atoms with Crippen LogP contribution in [0.3, 0.4) is 0 Å². The molecule has 4 rings (SSSR count). The lowest BCUT2D eigenvalue weighted by Crippen LogP contribution is -2.49. The van der Waals surface area contributed by atoms with Crippen LogP contribution in [0.5, 0.6) is 0 Å². The first kappa shape index (κ1) is 32.6. The number of hydrogen-bond acceptors (Lipinski definition) is 7. The van der Waals surface area contributed by atoms with Crippen LogP contribution in [0.2, 0.25) is 0 Å². The first-order valence-corrected chi connectivity index (χ1v) is 17.2. The van der Waals surface area contributed by atoms with Crippen LogP contribution in [0.4, 0.5) is 9.59 Å². The number of ether oxygens (including phenoxy) is 2. The van der Waals surface area contributed by atoms with Gasteiger partial charge in [0.05, 0.1) is 23.6 Å². The number of imide groups is 2. The molecule has 0 spiro atoms. The van der Waals surface area contributed by atoms with Gasteiger partial charge in [-0.1, -0.05) is 113 Å². The lowest BCUT2D eigenvalue weighted by Gasteiger charge is -2.34. The van der Waals surface area contributed by atoms with Gasteiger partial charge in [0.2, 0.25) is 11.8 Å². The molecule has 0 saturated carbocycles. The van der Waals surface area contributed by atoms with E-state index in [1.54, 1.807) is 0 Å². The highest BCUT2D eigenvalue weighted by atomic mass is 127. The molecule has 2 aliphatic heterocycles. The van der Waals surface area contributed by atoms with Crippen molar-refractivity contribution in [3.63, 3.8) is 0 Å². The van der Waals surface area contributed by atoms with Crippen LogP contribution in [-0.4, -0.2) is 78.7 Å². The third-order valence-corrected chi connectivity index (χ3v) is 10.4. The molecule has 42 heavy (non-hydrogen) atoms. The molecule has 1 unspecified atom stereocenters. The fourth-order valence-electron chi connectivity index (χ4n) is 5.65. The second-order valence-corrected chi connectivity index (χ2v) is 12.6. The Kier molecular flexibility index (Phi) is 11.6. The molecule has 5 atom stereocenters. The minimum atomic E-state index is -1.38. The third-order valence-electron chi connectivity index (χ3n) is 7.90. The molecule has 9 nitrogen and oxygen atoms in total. The Hall–Kier alpha value is -2.26. The Morgan fingerprint density at radius 1 is 0.833 bits per heavy atom. The molecule has 4 amide bonds. The number of hydrogen-bond donors (Lipinski definition) is 1. The highest BCUT2D eigenvalue weighted by Gasteiger charge is 2.46. The second kappa shape index (κ2) is 15.0. The van der Waals surface area contributed by atoms with Crippen molar-refractivity contribution >= 4 is 69.2 Å². The van der Waals surface area contributed by atoms with Crippen molar-refractivity contribution < 1.29 is 33.8 Å². The van der Waals surface area contributed by atoms with Crippen molar-refractivity contribution in [2.45, 2.75) is 56.7 Å². The molecule has 0 bridgehead atoms. The van der Waals surface area contributed by atoms with E-state index in [4.69, 9.17) is 9.47 Å². The first-order chi connectivity index (χ1) is 20.2. The summed E-state index contributed by atoms with van der Waals surface area (Å²) >= 11 is 4.17.